The lowest BCUT2D eigenvalue weighted by Crippen LogP contribution is -2.02. The summed E-state index contributed by atoms with van der Waals surface area (Å²) in [5, 5.41) is 0.858. The van der Waals surface area contributed by atoms with E-state index in [2.05, 4.69) is 4.98 Å². The van der Waals surface area contributed by atoms with Crippen LogP contribution >= 0.6 is 0 Å². The number of fused-ring (bicyclic) bond motifs is 1. The number of aryl methyl sites for hydroxylation is 1. The number of nitrogens with zero attached hydrogens (tertiary/aromatic N) is 1. The lowest BCUT2D eigenvalue weighted by Gasteiger charge is -2.02. The molecule has 0 radical (unpaired) electrons. The Morgan fingerprint density at radius 2 is 2.00 bits per heavy atom. The zero-order chi connectivity index (χ0) is 14.8. The molecule has 0 spiro atoms. The Morgan fingerprint density at radius 1 is 1.24 bits per heavy atom. The number of pyridine rings is 1. The molecule has 21 heavy (non-hydrogen) atoms. The lowest BCUT2D eigenvalue weighted by molar-refractivity contribution is 0.0492. The van der Waals surface area contributed by atoms with Crippen LogP contribution in [0.3, 0.4) is 0 Å². The summed E-state index contributed by atoms with van der Waals surface area (Å²) in [5.74, 6) is -0.253. The molecule has 0 unspecified atom stereocenters. The highest BCUT2D eigenvalue weighted by Gasteiger charge is 2.16. The Kier molecular flexibility index (Phi) is 3.44. The van der Waals surface area contributed by atoms with Crippen LogP contribution in [0.15, 0.2) is 47.1 Å². The van der Waals surface area contributed by atoms with Gasteiger partial charge in [0.15, 0.2) is 5.58 Å². The van der Waals surface area contributed by atoms with Crippen LogP contribution in [-0.4, -0.2) is 17.6 Å². The second-order valence-corrected chi connectivity index (χ2v) is 4.80. The molecular formula is C17H15NO3. The maximum Gasteiger partial charge on any atom is 0.374 e. The summed E-state index contributed by atoms with van der Waals surface area (Å²) >= 11 is 0. The highest BCUT2D eigenvalue weighted by molar-refractivity contribution is 5.98. The summed E-state index contributed by atoms with van der Waals surface area (Å²) in [5.41, 5.74) is 3.75. The molecule has 2 aromatic heterocycles. The normalized spacial score (nSPS) is 10.8. The van der Waals surface area contributed by atoms with Gasteiger partial charge < -0.3 is 9.15 Å². The smallest absolute Gasteiger partial charge is 0.374 e. The van der Waals surface area contributed by atoms with Crippen LogP contribution in [-0.2, 0) is 4.74 Å². The molecule has 0 aliphatic carbocycles. The number of carbonyl (C=O) groups excluding carboxylic acids is 1. The maximum absolute atomic E-state index is 11.8. The van der Waals surface area contributed by atoms with E-state index in [0.29, 0.717) is 12.2 Å². The first-order valence-corrected chi connectivity index (χ1v) is 6.80. The van der Waals surface area contributed by atoms with Gasteiger partial charge in [0, 0.05) is 23.2 Å². The van der Waals surface area contributed by atoms with E-state index in [4.69, 9.17) is 9.15 Å². The minimum atomic E-state index is -0.455. The van der Waals surface area contributed by atoms with Crippen LogP contribution in [0.4, 0.5) is 0 Å². The molecule has 0 saturated heterocycles. The highest BCUT2D eigenvalue weighted by Crippen LogP contribution is 2.30. The molecule has 0 atom stereocenters. The molecule has 1 aromatic carbocycles. The van der Waals surface area contributed by atoms with Gasteiger partial charge in [0.25, 0.3) is 0 Å². The Labute approximate surface area is 122 Å². The third-order valence-corrected chi connectivity index (χ3v) is 3.29. The van der Waals surface area contributed by atoms with Gasteiger partial charge in [-0.1, -0.05) is 29.8 Å². The monoisotopic (exact) mass is 281 g/mol. The van der Waals surface area contributed by atoms with E-state index in [1.54, 1.807) is 25.4 Å². The van der Waals surface area contributed by atoms with Crippen LogP contribution in [0, 0.1) is 6.92 Å². The van der Waals surface area contributed by atoms with Gasteiger partial charge in [0.05, 0.1) is 12.8 Å². The van der Waals surface area contributed by atoms with E-state index >= 15 is 0 Å². The van der Waals surface area contributed by atoms with Crippen molar-refractivity contribution in [2.45, 2.75) is 13.8 Å². The van der Waals surface area contributed by atoms with Crippen molar-refractivity contribution in [3.8, 4) is 11.1 Å². The molecule has 2 heterocycles. The number of furan rings is 1. The SMILES string of the molecule is CCOC(=O)c1cc2c(-c3ccc(C)cc3)cncc2o1. The molecule has 0 aliphatic rings. The van der Waals surface area contributed by atoms with Crippen molar-refractivity contribution in [2.24, 2.45) is 0 Å². The fourth-order valence-corrected chi connectivity index (χ4v) is 2.23. The van der Waals surface area contributed by atoms with Gasteiger partial charge in [-0.15, -0.1) is 0 Å². The number of benzene rings is 1. The average Bonchev–Trinajstić information content (AvgIpc) is 2.92. The van der Waals surface area contributed by atoms with Crippen molar-refractivity contribution in [1.29, 1.82) is 0 Å². The van der Waals surface area contributed by atoms with Crippen LogP contribution in [0.1, 0.15) is 23.0 Å². The molecular weight excluding hydrogens is 266 g/mol. The van der Waals surface area contributed by atoms with E-state index < -0.39 is 5.97 Å². The standard InChI is InChI=1S/C17H15NO3/c1-3-20-17(19)15-8-13-14(9-18-10-16(13)21-15)12-6-4-11(2)5-7-12/h4-10H,3H2,1-2H3. The van der Waals surface area contributed by atoms with Gasteiger partial charge >= 0.3 is 5.97 Å². The second-order valence-electron chi connectivity index (χ2n) is 4.80. The van der Waals surface area contributed by atoms with Crippen LogP contribution in [0.25, 0.3) is 22.1 Å². The number of rotatable bonds is 3. The summed E-state index contributed by atoms with van der Waals surface area (Å²) in [6.07, 6.45) is 3.38. The molecule has 3 aromatic rings. The number of carbonyl (C=O) groups is 1. The van der Waals surface area contributed by atoms with E-state index in [9.17, 15) is 4.79 Å². The molecule has 0 fully saturated rings. The fraction of sp³-hybridized carbons (Fsp3) is 0.176. The Bertz CT molecular complexity index is 787. The van der Waals surface area contributed by atoms with E-state index in [-0.39, 0.29) is 5.76 Å². The number of ether oxygens (including phenoxy) is 1. The Balaban J connectivity index is 2.11. The van der Waals surface area contributed by atoms with Crippen LogP contribution < -0.4 is 0 Å². The number of esters is 1. The maximum atomic E-state index is 11.8. The summed E-state index contributed by atoms with van der Waals surface area (Å²) in [7, 11) is 0. The predicted octanol–water partition coefficient (Wildman–Crippen LogP) is 3.98. The van der Waals surface area contributed by atoms with Crippen molar-refractivity contribution in [3.05, 3.63) is 54.0 Å². The average molecular weight is 281 g/mol. The first-order chi connectivity index (χ1) is 10.2. The molecule has 4 heteroatoms. The fourth-order valence-electron chi connectivity index (χ4n) is 2.23. The Morgan fingerprint density at radius 3 is 2.71 bits per heavy atom. The number of hydrogen-bond donors (Lipinski definition) is 0. The van der Waals surface area contributed by atoms with Gasteiger partial charge in [-0.25, -0.2) is 4.79 Å². The first-order valence-electron chi connectivity index (χ1n) is 6.80. The van der Waals surface area contributed by atoms with E-state index in [1.165, 1.54) is 5.56 Å². The van der Waals surface area contributed by atoms with Gasteiger partial charge in [0.2, 0.25) is 5.76 Å². The molecule has 3 rings (SSSR count). The van der Waals surface area contributed by atoms with E-state index in [1.807, 2.05) is 31.2 Å². The molecule has 4 nitrogen and oxygen atoms in total. The van der Waals surface area contributed by atoms with Crippen molar-refractivity contribution < 1.29 is 13.9 Å². The predicted molar refractivity (Wildman–Crippen MR) is 80.1 cm³/mol. The second kappa shape index (κ2) is 5.40. The van der Waals surface area contributed by atoms with Crippen molar-refractivity contribution in [1.82, 2.24) is 4.98 Å². The molecule has 0 saturated carbocycles. The van der Waals surface area contributed by atoms with Crippen molar-refractivity contribution >= 4 is 16.9 Å². The number of hydrogen-bond acceptors (Lipinski definition) is 4. The molecule has 0 aliphatic heterocycles. The third kappa shape index (κ3) is 2.52. The quantitative estimate of drug-likeness (QED) is 0.681. The zero-order valence-corrected chi connectivity index (χ0v) is 11.9. The lowest BCUT2D eigenvalue weighted by atomic mass is 10.0. The van der Waals surface area contributed by atoms with Crippen LogP contribution in [0.5, 0.6) is 0 Å². The van der Waals surface area contributed by atoms with Gasteiger partial charge in [-0.05, 0) is 19.4 Å². The van der Waals surface area contributed by atoms with E-state index in [0.717, 1.165) is 16.5 Å². The number of aromatic nitrogens is 1. The van der Waals surface area contributed by atoms with Crippen molar-refractivity contribution in [3.63, 3.8) is 0 Å². The summed E-state index contributed by atoms with van der Waals surface area (Å²) in [4.78, 5) is 16.0. The van der Waals surface area contributed by atoms with Crippen LogP contribution in [0.2, 0.25) is 0 Å². The minimum Gasteiger partial charge on any atom is -0.460 e. The van der Waals surface area contributed by atoms with Crippen molar-refractivity contribution in [2.75, 3.05) is 6.61 Å². The first kappa shape index (κ1) is 13.4. The third-order valence-electron chi connectivity index (χ3n) is 3.29. The van der Waals surface area contributed by atoms with Gasteiger partial charge in [0.1, 0.15) is 0 Å². The molecule has 106 valence electrons. The highest BCUT2D eigenvalue weighted by atomic mass is 16.5. The van der Waals surface area contributed by atoms with Gasteiger partial charge in [-0.2, -0.15) is 0 Å². The molecule has 0 amide bonds. The minimum absolute atomic E-state index is 0.202. The largest absolute Gasteiger partial charge is 0.460 e. The summed E-state index contributed by atoms with van der Waals surface area (Å²) in [6, 6.07) is 9.86. The topological polar surface area (TPSA) is 52.3 Å². The summed E-state index contributed by atoms with van der Waals surface area (Å²) in [6.45, 7) is 4.12. The zero-order valence-electron chi connectivity index (χ0n) is 11.9. The molecule has 0 bridgehead atoms. The Hall–Kier alpha value is -2.62. The molecule has 0 N–H and O–H groups in total. The summed E-state index contributed by atoms with van der Waals surface area (Å²) < 4.78 is 10.5. The van der Waals surface area contributed by atoms with Gasteiger partial charge in [-0.3, -0.25) is 4.98 Å².